The van der Waals surface area contributed by atoms with Crippen molar-refractivity contribution in [3.8, 4) is 0 Å². The lowest BCUT2D eigenvalue weighted by atomic mass is 10.2. The van der Waals surface area contributed by atoms with Crippen molar-refractivity contribution in [2.45, 2.75) is 6.10 Å². The highest BCUT2D eigenvalue weighted by atomic mass is 16.5. The summed E-state index contributed by atoms with van der Waals surface area (Å²) in [7, 11) is 0. The number of nitrogens with zero attached hydrogens (tertiary/aromatic N) is 1. The molecule has 1 aliphatic rings. The highest BCUT2D eigenvalue weighted by Gasteiger charge is 2.15. The minimum absolute atomic E-state index is 0.0533. The number of aromatic nitrogens is 1. The van der Waals surface area contributed by atoms with Crippen molar-refractivity contribution in [2.75, 3.05) is 19.7 Å². The molecule has 1 saturated heterocycles. The van der Waals surface area contributed by atoms with Crippen LogP contribution in [0.1, 0.15) is 13.2 Å². The summed E-state index contributed by atoms with van der Waals surface area (Å²) in [4.78, 5) is 4.15. The lowest BCUT2D eigenvalue weighted by Gasteiger charge is -2.22. The summed E-state index contributed by atoms with van der Waals surface area (Å²) in [5, 5.41) is 3.21. The normalized spacial score (nSPS) is 25.0. The fraction of sp³-hybridized carbons (Fsp3) is 0.444. The van der Waals surface area contributed by atoms with Crippen LogP contribution in [-0.4, -0.2) is 24.7 Å². The largest absolute Gasteiger partial charge is 0.369 e. The Morgan fingerprint density at radius 3 is 3.42 bits per heavy atom. The van der Waals surface area contributed by atoms with Gasteiger partial charge in [0.15, 0.2) is 0 Å². The van der Waals surface area contributed by atoms with E-state index in [0.717, 1.165) is 18.8 Å². The maximum Gasteiger partial charge on any atom is 0.112 e. The SMILES string of the molecule is [2H]c1cccnc1[C@H]1CNCCO1. The highest BCUT2D eigenvalue weighted by molar-refractivity contribution is 5.07. The van der Waals surface area contributed by atoms with Crippen LogP contribution in [0.5, 0.6) is 0 Å². The number of morpholine rings is 1. The van der Waals surface area contributed by atoms with Crippen molar-refractivity contribution in [3.05, 3.63) is 30.1 Å². The van der Waals surface area contributed by atoms with Gasteiger partial charge in [-0.1, -0.05) is 6.07 Å². The van der Waals surface area contributed by atoms with Crippen molar-refractivity contribution in [1.29, 1.82) is 0 Å². The van der Waals surface area contributed by atoms with Gasteiger partial charge in [0.25, 0.3) is 0 Å². The first-order valence-corrected chi connectivity index (χ1v) is 4.12. The molecule has 1 N–H and O–H groups in total. The molecule has 1 aliphatic heterocycles. The average Bonchev–Trinajstić information content (AvgIpc) is 2.20. The molecule has 1 fully saturated rings. The van der Waals surface area contributed by atoms with Crippen LogP contribution in [0.3, 0.4) is 0 Å². The molecule has 0 unspecified atom stereocenters. The van der Waals surface area contributed by atoms with Crippen molar-refractivity contribution in [3.63, 3.8) is 0 Å². The molecule has 64 valence electrons. The highest BCUT2D eigenvalue weighted by Crippen LogP contribution is 2.14. The third kappa shape index (κ3) is 1.62. The Hall–Kier alpha value is -0.930. The molecule has 0 amide bonds. The van der Waals surface area contributed by atoms with E-state index in [1.54, 1.807) is 18.3 Å². The Kier molecular flexibility index (Phi) is 2.00. The summed E-state index contributed by atoms with van der Waals surface area (Å²) < 4.78 is 13.1. The topological polar surface area (TPSA) is 34.2 Å². The summed E-state index contributed by atoms with van der Waals surface area (Å²) in [5.74, 6) is 0. The summed E-state index contributed by atoms with van der Waals surface area (Å²) in [5.41, 5.74) is 0.731. The van der Waals surface area contributed by atoms with Crippen LogP contribution >= 0.6 is 0 Å². The fourth-order valence-corrected chi connectivity index (χ4v) is 1.25. The molecule has 3 nitrogen and oxygen atoms in total. The summed E-state index contributed by atoms with van der Waals surface area (Å²) >= 11 is 0. The second-order valence-electron chi connectivity index (χ2n) is 2.73. The molecule has 1 aromatic heterocycles. The first kappa shape index (κ1) is 6.57. The third-order valence-corrected chi connectivity index (χ3v) is 1.86. The number of nitrogens with one attached hydrogen (secondary N) is 1. The van der Waals surface area contributed by atoms with Crippen molar-refractivity contribution < 1.29 is 6.11 Å². The molecular weight excluding hydrogens is 152 g/mol. The standard InChI is InChI=1S/C9H12N2O/c1-2-4-11-8(3-1)9-7-10-5-6-12-9/h1-4,9-10H,5-7H2/t9-/m1/s1/i3D. The second-order valence-corrected chi connectivity index (χ2v) is 2.73. The Bertz CT molecular complexity index is 287. The van der Waals surface area contributed by atoms with E-state index in [1.807, 2.05) is 0 Å². The van der Waals surface area contributed by atoms with Crippen LogP contribution in [-0.2, 0) is 4.74 Å². The van der Waals surface area contributed by atoms with Crippen LogP contribution in [0, 0.1) is 0 Å². The minimum Gasteiger partial charge on any atom is -0.369 e. The van der Waals surface area contributed by atoms with Crippen molar-refractivity contribution >= 4 is 0 Å². The number of hydrogen-bond acceptors (Lipinski definition) is 3. The van der Waals surface area contributed by atoms with E-state index in [0.29, 0.717) is 12.6 Å². The first-order chi connectivity index (χ1) is 6.38. The molecule has 2 rings (SSSR count). The smallest absolute Gasteiger partial charge is 0.112 e. The predicted octanol–water partition coefficient (Wildman–Crippen LogP) is 0.742. The quantitative estimate of drug-likeness (QED) is 0.666. The predicted molar refractivity (Wildman–Crippen MR) is 45.8 cm³/mol. The Balaban J connectivity index is 2.18. The van der Waals surface area contributed by atoms with Crippen LogP contribution in [0.4, 0.5) is 0 Å². The molecule has 0 saturated carbocycles. The van der Waals surface area contributed by atoms with E-state index in [9.17, 15) is 0 Å². The monoisotopic (exact) mass is 165 g/mol. The molecular formula is C9H12N2O. The Morgan fingerprint density at radius 1 is 1.67 bits per heavy atom. The van der Waals surface area contributed by atoms with E-state index in [-0.39, 0.29) is 6.10 Å². The van der Waals surface area contributed by atoms with Crippen LogP contribution < -0.4 is 5.32 Å². The van der Waals surface area contributed by atoms with Gasteiger partial charge in [-0.2, -0.15) is 0 Å². The van der Waals surface area contributed by atoms with Crippen molar-refractivity contribution in [2.24, 2.45) is 0 Å². The molecule has 1 atom stereocenters. The average molecular weight is 165 g/mol. The van der Waals surface area contributed by atoms with Gasteiger partial charge in [0.05, 0.1) is 13.7 Å². The van der Waals surface area contributed by atoms with Gasteiger partial charge < -0.3 is 10.1 Å². The Morgan fingerprint density at radius 2 is 2.67 bits per heavy atom. The van der Waals surface area contributed by atoms with E-state index in [4.69, 9.17) is 6.11 Å². The molecule has 3 heteroatoms. The van der Waals surface area contributed by atoms with Crippen LogP contribution in [0.25, 0.3) is 0 Å². The Labute approximate surface area is 73.2 Å². The number of pyridine rings is 1. The maximum atomic E-state index is 7.64. The zero-order valence-electron chi connectivity index (χ0n) is 7.79. The number of ether oxygens (including phenoxy) is 1. The molecule has 0 aliphatic carbocycles. The van der Waals surface area contributed by atoms with Gasteiger partial charge in [0, 0.05) is 19.3 Å². The van der Waals surface area contributed by atoms with Gasteiger partial charge in [-0.3, -0.25) is 4.98 Å². The van der Waals surface area contributed by atoms with Gasteiger partial charge in [0.1, 0.15) is 6.10 Å². The zero-order chi connectivity index (χ0) is 9.10. The number of rotatable bonds is 1. The lowest BCUT2D eigenvalue weighted by molar-refractivity contribution is 0.0250. The summed E-state index contributed by atoms with van der Waals surface area (Å²) in [6, 6.07) is 3.96. The third-order valence-electron chi connectivity index (χ3n) is 1.86. The van der Waals surface area contributed by atoms with E-state index in [2.05, 4.69) is 10.3 Å². The lowest BCUT2D eigenvalue weighted by Crippen LogP contribution is -2.33. The molecule has 0 bridgehead atoms. The molecule has 12 heavy (non-hydrogen) atoms. The summed E-state index contributed by atoms with van der Waals surface area (Å²) in [6.45, 7) is 2.33. The molecule has 2 heterocycles. The number of hydrogen-bond donors (Lipinski definition) is 1. The zero-order valence-corrected chi connectivity index (χ0v) is 6.79. The molecule has 0 spiro atoms. The van der Waals surface area contributed by atoms with Gasteiger partial charge in [-0.05, 0) is 12.1 Å². The van der Waals surface area contributed by atoms with Crippen LogP contribution in [0.2, 0.25) is 0 Å². The van der Waals surface area contributed by atoms with E-state index >= 15 is 0 Å². The summed E-state index contributed by atoms with van der Waals surface area (Å²) in [6.07, 6.45) is 1.65. The maximum absolute atomic E-state index is 7.64. The van der Waals surface area contributed by atoms with Crippen molar-refractivity contribution in [1.82, 2.24) is 10.3 Å². The van der Waals surface area contributed by atoms with E-state index in [1.165, 1.54) is 0 Å². The first-order valence-electron chi connectivity index (χ1n) is 4.62. The second kappa shape index (κ2) is 3.65. The van der Waals surface area contributed by atoms with Gasteiger partial charge in [-0.15, -0.1) is 0 Å². The van der Waals surface area contributed by atoms with Gasteiger partial charge in [-0.25, -0.2) is 0 Å². The molecule has 0 radical (unpaired) electrons. The molecule has 1 aromatic rings. The fourth-order valence-electron chi connectivity index (χ4n) is 1.25. The van der Waals surface area contributed by atoms with Gasteiger partial charge in [0.2, 0.25) is 0 Å². The molecule has 0 aromatic carbocycles. The van der Waals surface area contributed by atoms with Crippen LogP contribution in [0.15, 0.2) is 24.4 Å². The van der Waals surface area contributed by atoms with Gasteiger partial charge >= 0.3 is 0 Å². The van der Waals surface area contributed by atoms with E-state index < -0.39 is 0 Å². The minimum atomic E-state index is -0.0533.